The molecule has 0 bridgehead atoms. The van der Waals surface area contributed by atoms with Crippen LogP contribution >= 0.6 is 35.3 Å². The van der Waals surface area contributed by atoms with E-state index in [1.807, 2.05) is 20.8 Å². The number of amides is 1. The summed E-state index contributed by atoms with van der Waals surface area (Å²) < 4.78 is 5.49. The van der Waals surface area contributed by atoms with Gasteiger partial charge in [-0.25, -0.2) is 0 Å². The molecule has 0 aliphatic carbocycles. The molecule has 0 saturated carbocycles. The molecular weight excluding hydrogens is 477 g/mol. The van der Waals surface area contributed by atoms with Crippen LogP contribution in [0, 0.1) is 5.41 Å². The molecule has 2 heterocycles. The standard InChI is InChI=1S/C18H31N5O2S.HI/c1-4-20-17(22-13-18(2,3)16(19)24)21-12-14(15-6-5-11-26-15)23-7-9-25-10-8-23;/h5-6,11,14H,4,7-10,12-13H2,1-3H3,(H2,19,24)(H2,20,21,22);1H. The first kappa shape index (κ1) is 24.1. The number of nitrogens with zero attached hydrogens (tertiary/aromatic N) is 2. The number of hydrogen-bond donors (Lipinski definition) is 3. The molecule has 9 heteroatoms. The monoisotopic (exact) mass is 509 g/mol. The lowest BCUT2D eigenvalue weighted by Gasteiger charge is -2.34. The Labute approximate surface area is 183 Å². The Balaban J connectivity index is 0.00000364. The Hall–Kier alpha value is -0.910. The minimum Gasteiger partial charge on any atom is -0.379 e. The third-order valence-electron chi connectivity index (χ3n) is 4.46. The van der Waals surface area contributed by atoms with Crippen LogP contribution in [0.4, 0.5) is 0 Å². The first-order valence-corrected chi connectivity index (χ1v) is 9.99. The molecular formula is C18H32IN5O2S. The number of halogens is 1. The number of ether oxygens (including phenoxy) is 1. The minimum atomic E-state index is -0.667. The molecule has 1 fully saturated rings. The highest BCUT2D eigenvalue weighted by Crippen LogP contribution is 2.25. The van der Waals surface area contributed by atoms with E-state index in [9.17, 15) is 4.79 Å². The maximum Gasteiger partial charge on any atom is 0.224 e. The molecule has 2 rings (SSSR count). The Kier molecular flexibility index (Phi) is 10.6. The Morgan fingerprint density at radius 1 is 1.41 bits per heavy atom. The van der Waals surface area contributed by atoms with Crippen molar-refractivity contribution in [2.75, 3.05) is 45.9 Å². The molecule has 0 aromatic carbocycles. The number of nitrogens with one attached hydrogen (secondary N) is 2. The van der Waals surface area contributed by atoms with E-state index in [0.29, 0.717) is 12.5 Å². The normalized spacial score (nSPS) is 17.1. The number of rotatable bonds is 8. The SMILES string of the molecule is CCNC(=NCC(C)(C)C(N)=O)NCC(c1cccs1)N1CCOCC1.I. The summed E-state index contributed by atoms with van der Waals surface area (Å²) in [4.78, 5) is 19.8. The van der Waals surface area contributed by atoms with Crippen molar-refractivity contribution in [3.63, 3.8) is 0 Å². The molecule has 1 amide bonds. The lowest BCUT2D eigenvalue weighted by atomic mass is 9.93. The second-order valence-corrected chi connectivity index (χ2v) is 7.98. The van der Waals surface area contributed by atoms with E-state index >= 15 is 0 Å². The summed E-state index contributed by atoms with van der Waals surface area (Å²) in [7, 11) is 0. The average molecular weight is 509 g/mol. The second kappa shape index (κ2) is 11.8. The Bertz CT molecular complexity index is 589. The van der Waals surface area contributed by atoms with Gasteiger partial charge in [-0.15, -0.1) is 35.3 Å². The highest BCUT2D eigenvalue weighted by molar-refractivity contribution is 14.0. The molecule has 27 heavy (non-hydrogen) atoms. The zero-order chi connectivity index (χ0) is 19.0. The fourth-order valence-corrected chi connectivity index (χ4v) is 3.53. The van der Waals surface area contributed by atoms with Crippen molar-refractivity contribution in [3.8, 4) is 0 Å². The van der Waals surface area contributed by atoms with Gasteiger partial charge in [-0.1, -0.05) is 6.07 Å². The van der Waals surface area contributed by atoms with Gasteiger partial charge in [-0.2, -0.15) is 0 Å². The quantitative estimate of drug-likeness (QED) is 0.283. The van der Waals surface area contributed by atoms with Gasteiger partial charge in [0, 0.05) is 31.1 Å². The van der Waals surface area contributed by atoms with Crippen molar-refractivity contribution in [1.82, 2.24) is 15.5 Å². The van der Waals surface area contributed by atoms with E-state index in [0.717, 1.165) is 39.4 Å². The number of guanidine groups is 1. The van der Waals surface area contributed by atoms with Crippen molar-refractivity contribution < 1.29 is 9.53 Å². The van der Waals surface area contributed by atoms with Crippen molar-refractivity contribution in [1.29, 1.82) is 0 Å². The van der Waals surface area contributed by atoms with Gasteiger partial charge in [0.25, 0.3) is 0 Å². The van der Waals surface area contributed by atoms with Crippen molar-refractivity contribution >= 4 is 47.2 Å². The highest BCUT2D eigenvalue weighted by atomic mass is 127. The third-order valence-corrected chi connectivity index (χ3v) is 5.44. The number of thiophene rings is 1. The van der Waals surface area contributed by atoms with Crippen LogP contribution in [0.15, 0.2) is 22.5 Å². The molecule has 1 aromatic rings. The van der Waals surface area contributed by atoms with Gasteiger partial charge < -0.3 is 21.1 Å². The summed E-state index contributed by atoms with van der Waals surface area (Å²) in [6.45, 7) is 10.9. The predicted molar refractivity (Wildman–Crippen MR) is 122 cm³/mol. The van der Waals surface area contributed by atoms with Crippen LogP contribution in [0.3, 0.4) is 0 Å². The molecule has 0 radical (unpaired) electrons. The number of aliphatic imine (C=N–C) groups is 1. The summed E-state index contributed by atoms with van der Waals surface area (Å²) in [6, 6.07) is 4.53. The van der Waals surface area contributed by atoms with Crippen LogP contribution in [-0.2, 0) is 9.53 Å². The lowest BCUT2D eigenvalue weighted by molar-refractivity contribution is -0.125. The third kappa shape index (κ3) is 7.55. The molecule has 4 N–H and O–H groups in total. The van der Waals surface area contributed by atoms with Crippen LogP contribution in [0.25, 0.3) is 0 Å². The van der Waals surface area contributed by atoms with Gasteiger partial charge in [-0.05, 0) is 32.2 Å². The first-order chi connectivity index (χ1) is 12.4. The van der Waals surface area contributed by atoms with Gasteiger partial charge >= 0.3 is 0 Å². The van der Waals surface area contributed by atoms with Crippen LogP contribution in [0.1, 0.15) is 31.7 Å². The Morgan fingerprint density at radius 3 is 2.67 bits per heavy atom. The van der Waals surface area contributed by atoms with Gasteiger partial charge in [0.05, 0.1) is 31.2 Å². The fourth-order valence-electron chi connectivity index (χ4n) is 2.67. The lowest BCUT2D eigenvalue weighted by Crippen LogP contribution is -2.46. The maximum absolute atomic E-state index is 11.5. The molecule has 1 aromatic heterocycles. The highest BCUT2D eigenvalue weighted by Gasteiger charge is 2.26. The number of morpholine rings is 1. The summed E-state index contributed by atoms with van der Waals surface area (Å²) in [5.74, 6) is 0.360. The van der Waals surface area contributed by atoms with Crippen molar-refractivity contribution in [2.24, 2.45) is 16.1 Å². The summed E-state index contributed by atoms with van der Waals surface area (Å²) >= 11 is 1.77. The van der Waals surface area contributed by atoms with E-state index < -0.39 is 5.41 Å². The second-order valence-electron chi connectivity index (χ2n) is 7.00. The van der Waals surface area contributed by atoms with E-state index in [4.69, 9.17) is 10.5 Å². The zero-order valence-electron chi connectivity index (χ0n) is 16.4. The van der Waals surface area contributed by atoms with E-state index in [2.05, 4.69) is 38.0 Å². The first-order valence-electron chi connectivity index (χ1n) is 9.11. The van der Waals surface area contributed by atoms with E-state index in [1.54, 1.807) is 11.3 Å². The number of carbonyl (C=O) groups excluding carboxylic acids is 1. The molecule has 1 aliphatic heterocycles. The van der Waals surface area contributed by atoms with Gasteiger partial charge in [0.15, 0.2) is 5.96 Å². The number of hydrogen-bond acceptors (Lipinski definition) is 5. The van der Waals surface area contributed by atoms with Crippen LogP contribution in [0.5, 0.6) is 0 Å². The number of nitrogens with two attached hydrogens (primary N) is 1. The topological polar surface area (TPSA) is 92.0 Å². The summed E-state index contributed by atoms with van der Waals surface area (Å²) in [5, 5.41) is 8.78. The van der Waals surface area contributed by atoms with E-state index in [-0.39, 0.29) is 35.9 Å². The molecule has 1 aliphatic rings. The summed E-state index contributed by atoms with van der Waals surface area (Å²) in [6.07, 6.45) is 0. The average Bonchev–Trinajstić information content (AvgIpc) is 3.15. The van der Waals surface area contributed by atoms with Crippen LogP contribution < -0.4 is 16.4 Å². The fraction of sp³-hybridized carbons (Fsp3) is 0.667. The molecule has 1 atom stereocenters. The predicted octanol–water partition coefficient (Wildman–Crippen LogP) is 1.81. The smallest absolute Gasteiger partial charge is 0.224 e. The van der Waals surface area contributed by atoms with Crippen LogP contribution in [-0.4, -0.2) is 62.7 Å². The largest absolute Gasteiger partial charge is 0.379 e. The molecule has 1 unspecified atom stereocenters. The maximum atomic E-state index is 11.5. The van der Waals surface area contributed by atoms with Crippen LogP contribution in [0.2, 0.25) is 0 Å². The Morgan fingerprint density at radius 2 is 2.11 bits per heavy atom. The number of primary amides is 1. The molecule has 154 valence electrons. The molecule has 7 nitrogen and oxygen atoms in total. The van der Waals surface area contributed by atoms with Crippen molar-refractivity contribution in [3.05, 3.63) is 22.4 Å². The van der Waals surface area contributed by atoms with Gasteiger partial charge in [0.1, 0.15) is 0 Å². The number of carbonyl (C=O) groups is 1. The zero-order valence-corrected chi connectivity index (χ0v) is 19.5. The summed E-state index contributed by atoms with van der Waals surface area (Å²) in [5.41, 5.74) is 4.78. The molecule has 0 spiro atoms. The van der Waals surface area contributed by atoms with E-state index in [1.165, 1.54) is 4.88 Å². The molecule has 1 saturated heterocycles. The van der Waals surface area contributed by atoms with Gasteiger partial charge in [0.2, 0.25) is 5.91 Å². The van der Waals surface area contributed by atoms with Gasteiger partial charge in [-0.3, -0.25) is 14.7 Å². The minimum absolute atomic E-state index is 0. The van der Waals surface area contributed by atoms with Crippen molar-refractivity contribution in [2.45, 2.75) is 26.8 Å².